The molecule has 0 aliphatic heterocycles. The molecule has 13 heteroatoms. The Morgan fingerprint density at radius 3 is 2.44 bits per heavy atom. The number of thiazole rings is 1. The Hall–Kier alpha value is -3.48. The van der Waals surface area contributed by atoms with Crippen LogP contribution in [0.15, 0.2) is 34.1 Å². The van der Waals surface area contributed by atoms with Crippen LogP contribution in [0.3, 0.4) is 0 Å². The molecule has 0 spiro atoms. The van der Waals surface area contributed by atoms with Crippen molar-refractivity contribution in [3.05, 3.63) is 46.8 Å². The molecule has 180 valence electrons. The van der Waals surface area contributed by atoms with Gasteiger partial charge in [-0.2, -0.15) is 13.2 Å². The largest absolute Gasteiger partial charge is 0.481 e. The molecule has 9 nitrogen and oxygen atoms in total. The van der Waals surface area contributed by atoms with Crippen LogP contribution in [-0.4, -0.2) is 32.2 Å². The van der Waals surface area contributed by atoms with E-state index < -0.39 is 23.7 Å². The van der Waals surface area contributed by atoms with Crippen LogP contribution >= 0.6 is 11.3 Å². The Morgan fingerprint density at radius 1 is 1.12 bits per heavy atom. The number of carbonyl (C=O) groups is 2. The lowest BCUT2D eigenvalue weighted by atomic mass is 9.77. The molecule has 2 aromatic heterocycles. The van der Waals surface area contributed by atoms with Crippen molar-refractivity contribution in [2.24, 2.45) is 5.92 Å². The lowest BCUT2D eigenvalue weighted by molar-refractivity contribution is -0.141. The third kappa shape index (κ3) is 5.90. The van der Waals surface area contributed by atoms with Crippen LogP contribution in [0.25, 0.3) is 0 Å². The van der Waals surface area contributed by atoms with Crippen LogP contribution in [0, 0.1) is 5.92 Å². The van der Waals surface area contributed by atoms with Crippen molar-refractivity contribution < 1.29 is 32.3 Å². The molecule has 1 fully saturated rings. The molecule has 1 aromatic carbocycles. The molecule has 0 atom stereocenters. The normalized spacial score (nSPS) is 18.4. The molecule has 1 amide bonds. The summed E-state index contributed by atoms with van der Waals surface area (Å²) in [5, 5.41) is 22.0. The smallest absolute Gasteiger partial charge is 0.434 e. The van der Waals surface area contributed by atoms with E-state index in [0.717, 1.165) is 36.6 Å². The van der Waals surface area contributed by atoms with Gasteiger partial charge in [0.2, 0.25) is 0 Å². The van der Waals surface area contributed by atoms with Gasteiger partial charge in [0.1, 0.15) is 0 Å². The number of amides is 1. The highest BCUT2D eigenvalue weighted by Crippen LogP contribution is 2.37. The van der Waals surface area contributed by atoms with Gasteiger partial charge in [0.25, 0.3) is 0 Å². The third-order valence-corrected chi connectivity index (χ3v) is 6.34. The summed E-state index contributed by atoms with van der Waals surface area (Å²) in [4.78, 5) is 26.6. The van der Waals surface area contributed by atoms with E-state index in [1.165, 1.54) is 0 Å². The highest BCUT2D eigenvalue weighted by Gasteiger charge is 2.34. The number of aliphatic carboxylic acids is 1. The van der Waals surface area contributed by atoms with Crippen LogP contribution in [-0.2, 0) is 11.0 Å². The summed E-state index contributed by atoms with van der Waals surface area (Å²) < 4.78 is 43.1. The van der Waals surface area contributed by atoms with Crippen molar-refractivity contribution in [3.63, 3.8) is 0 Å². The SMILES string of the molecule is O=C(O)CC1CCC(c2ccc(NC(=O)c3nnc(Nc4nc(C(F)(F)F)cs4)o3)cc2)CC1. The summed E-state index contributed by atoms with van der Waals surface area (Å²) in [7, 11) is 0. The molecular formula is C21H20F3N5O4S. The summed E-state index contributed by atoms with van der Waals surface area (Å²) in [6, 6.07) is 7.07. The van der Waals surface area contributed by atoms with E-state index in [2.05, 4.69) is 25.8 Å². The number of halogens is 3. The number of carbonyl (C=O) groups excluding carboxylic acids is 1. The number of nitrogens with one attached hydrogen (secondary N) is 2. The summed E-state index contributed by atoms with van der Waals surface area (Å²) in [5.74, 6) is -1.22. The van der Waals surface area contributed by atoms with Gasteiger partial charge in [-0.3, -0.25) is 14.9 Å². The van der Waals surface area contributed by atoms with E-state index in [9.17, 15) is 22.8 Å². The number of aromatic nitrogens is 3. The van der Waals surface area contributed by atoms with Gasteiger partial charge in [-0.05, 0) is 55.2 Å². The van der Waals surface area contributed by atoms with E-state index in [1.54, 1.807) is 12.1 Å². The van der Waals surface area contributed by atoms with E-state index in [4.69, 9.17) is 9.52 Å². The van der Waals surface area contributed by atoms with Crippen molar-refractivity contribution >= 4 is 40.0 Å². The van der Waals surface area contributed by atoms with E-state index in [0.29, 0.717) is 22.9 Å². The second-order valence-electron chi connectivity index (χ2n) is 7.96. The second-order valence-corrected chi connectivity index (χ2v) is 8.82. The quantitative estimate of drug-likeness (QED) is 0.403. The molecule has 0 bridgehead atoms. The zero-order chi connectivity index (χ0) is 24.3. The number of anilines is 3. The van der Waals surface area contributed by atoms with Gasteiger partial charge in [0.15, 0.2) is 10.8 Å². The minimum absolute atomic E-state index is 0.101. The summed E-state index contributed by atoms with van der Waals surface area (Å²) >= 11 is 0.710. The molecule has 3 aromatic rings. The molecule has 2 heterocycles. The average molecular weight is 495 g/mol. The van der Waals surface area contributed by atoms with Crippen LogP contribution in [0.4, 0.5) is 30.0 Å². The third-order valence-electron chi connectivity index (χ3n) is 5.58. The maximum Gasteiger partial charge on any atom is 0.434 e. The standard InChI is InChI=1S/C21H20F3N5O4S/c22-21(23,24)15-10-34-20(26-15)27-19-29-28-18(33-19)17(32)25-14-7-5-13(6-8-14)12-3-1-11(2-4-12)9-16(30)31/h5-8,10-12H,1-4,9H2,(H,25,32)(H,30,31)(H,26,27,29). The van der Waals surface area contributed by atoms with Crippen molar-refractivity contribution in [1.29, 1.82) is 0 Å². The van der Waals surface area contributed by atoms with E-state index >= 15 is 0 Å². The van der Waals surface area contributed by atoms with Gasteiger partial charge in [-0.1, -0.05) is 17.2 Å². The summed E-state index contributed by atoms with van der Waals surface area (Å²) in [6.45, 7) is 0. The first-order valence-electron chi connectivity index (χ1n) is 10.4. The fourth-order valence-corrected chi connectivity index (χ4v) is 4.60. The first kappa shape index (κ1) is 23.7. The van der Waals surface area contributed by atoms with Crippen molar-refractivity contribution in [3.8, 4) is 0 Å². The highest BCUT2D eigenvalue weighted by atomic mass is 32.1. The summed E-state index contributed by atoms with van der Waals surface area (Å²) in [6.07, 6.45) is -0.756. The van der Waals surface area contributed by atoms with Crippen molar-refractivity contribution in [1.82, 2.24) is 15.2 Å². The number of carboxylic acids is 1. The molecule has 1 aliphatic carbocycles. The zero-order valence-corrected chi connectivity index (χ0v) is 18.4. The van der Waals surface area contributed by atoms with Gasteiger partial charge < -0.3 is 14.8 Å². The molecule has 34 heavy (non-hydrogen) atoms. The number of hydrogen-bond acceptors (Lipinski definition) is 8. The Bertz CT molecular complexity index is 1150. The van der Waals surface area contributed by atoms with Gasteiger partial charge >= 0.3 is 30.0 Å². The first-order chi connectivity index (χ1) is 16.2. The van der Waals surface area contributed by atoms with Gasteiger partial charge in [-0.15, -0.1) is 16.4 Å². The lowest BCUT2D eigenvalue weighted by Gasteiger charge is -2.28. The maximum absolute atomic E-state index is 12.6. The molecule has 0 radical (unpaired) electrons. The van der Waals surface area contributed by atoms with Crippen molar-refractivity contribution in [2.75, 3.05) is 10.6 Å². The topological polar surface area (TPSA) is 130 Å². The van der Waals surface area contributed by atoms with Gasteiger partial charge in [-0.25, -0.2) is 4.98 Å². The van der Waals surface area contributed by atoms with Crippen molar-refractivity contribution in [2.45, 2.75) is 44.2 Å². The lowest BCUT2D eigenvalue weighted by Crippen LogP contribution is -2.16. The minimum Gasteiger partial charge on any atom is -0.481 e. The Morgan fingerprint density at radius 2 is 1.82 bits per heavy atom. The van der Waals surface area contributed by atoms with E-state index in [1.807, 2.05) is 12.1 Å². The maximum atomic E-state index is 12.6. The summed E-state index contributed by atoms with van der Waals surface area (Å²) in [5.41, 5.74) is 0.586. The molecule has 3 N–H and O–H groups in total. The van der Waals surface area contributed by atoms with Gasteiger partial charge in [0, 0.05) is 17.5 Å². The number of alkyl halides is 3. The molecule has 1 saturated carbocycles. The molecule has 0 saturated heterocycles. The van der Waals surface area contributed by atoms with E-state index in [-0.39, 0.29) is 29.4 Å². The fraction of sp³-hybridized carbons (Fsp3) is 0.381. The molecule has 1 aliphatic rings. The number of rotatable bonds is 7. The van der Waals surface area contributed by atoms with Gasteiger partial charge in [0.05, 0.1) is 0 Å². The Kier molecular flexibility index (Phi) is 6.82. The van der Waals surface area contributed by atoms with Crippen LogP contribution in [0.2, 0.25) is 0 Å². The predicted molar refractivity (Wildman–Crippen MR) is 116 cm³/mol. The number of carboxylic acid groups (broad SMARTS) is 1. The minimum atomic E-state index is -4.56. The predicted octanol–water partition coefficient (Wildman–Crippen LogP) is 5.29. The fourth-order valence-electron chi connectivity index (χ4n) is 3.89. The monoisotopic (exact) mass is 495 g/mol. The highest BCUT2D eigenvalue weighted by molar-refractivity contribution is 7.13. The molecule has 0 unspecified atom stereocenters. The Labute approximate surface area is 195 Å². The number of hydrogen-bond donors (Lipinski definition) is 3. The zero-order valence-electron chi connectivity index (χ0n) is 17.6. The van der Waals surface area contributed by atoms with Crippen LogP contribution in [0.5, 0.6) is 0 Å². The average Bonchev–Trinajstić information content (AvgIpc) is 3.45. The number of nitrogens with zero attached hydrogens (tertiary/aromatic N) is 3. The second kappa shape index (κ2) is 9.79. The van der Waals surface area contributed by atoms with Crippen LogP contribution in [0.1, 0.15) is 60.0 Å². The number of benzene rings is 1. The molecule has 4 rings (SSSR count). The Balaban J connectivity index is 1.31. The van der Waals surface area contributed by atoms with Crippen LogP contribution < -0.4 is 10.6 Å². The first-order valence-corrected chi connectivity index (χ1v) is 11.3. The molecular weight excluding hydrogens is 475 g/mol.